The third-order valence-electron chi connectivity index (χ3n) is 3.27. The maximum Gasteiger partial charge on any atom is 0.410 e. The summed E-state index contributed by atoms with van der Waals surface area (Å²) in [5.41, 5.74) is 0.525. The summed E-state index contributed by atoms with van der Waals surface area (Å²) in [4.78, 5) is 13.9. The number of hydrogen-bond acceptors (Lipinski definition) is 4. The molecule has 112 valence electrons. The molecular formula is C13H21BrN4O2. The number of hydrogen-bond donors (Lipinski definition) is 0. The summed E-state index contributed by atoms with van der Waals surface area (Å²) in [5, 5.41) is 8.16. The van der Waals surface area contributed by atoms with E-state index in [1.54, 1.807) is 4.90 Å². The van der Waals surface area contributed by atoms with Gasteiger partial charge in [-0.15, -0.1) is 5.10 Å². The second kappa shape index (κ2) is 5.71. The van der Waals surface area contributed by atoms with Gasteiger partial charge in [0, 0.05) is 13.1 Å². The highest BCUT2D eigenvalue weighted by atomic mass is 79.9. The van der Waals surface area contributed by atoms with Gasteiger partial charge in [-0.25, -0.2) is 9.48 Å². The Balaban J connectivity index is 2.05. The first kappa shape index (κ1) is 15.3. The van der Waals surface area contributed by atoms with Gasteiger partial charge in [-0.3, -0.25) is 0 Å². The van der Waals surface area contributed by atoms with E-state index in [0.29, 0.717) is 6.54 Å². The second-order valence-electron chi connectivity index (χ2n) is 6.13. The molecule has 1 aliphatic heterocycles. The molecule has 1 atom stereocenters. The van der Waals surface area contributed by atoms with Crippen molar-refractivity contribution in [3.63, 3.8) is 0 Å². The van der Waals surface area contributed by atoms with Crippen molar-refractivity contribution in [2.24, 2.45) is 0 Å². The Morgan fingerprint density at radius 3 is 2.70 bits per heavy atom. The summed E-state index contributed by atoms with van der Waals surface area (Å²) in [6, 6.07) is 0.162. The van der Waals surface area contributed by atoms with Gasteiger partial charge in [0.05, 0.1) is 11.7 Å². The summed E-state index contributed by atoms with van der Waals surface area (Å²) < 4.78 is 8.08. The number of piperidine rings is 1. The van der Waals surface area contributed by atoms with Crippen molar-refractivity contribution in [2.75, 3.05) is 13.1 Å². The van der Waals surface area contributed by atoms with Gasteiger partial charge in [0.15, 0.2) is 4.60 Å². The van der Waals surface area contributed by atoms with E-state index in [1.165, 1.54) is 0 Å². The van der Waals surface area contributed by atoms with E-state index in [9.17, 15) is 4.79 Å². The molecule has 1 aromatic heterocycles. The molecule has 20 heavy (non-hydrogen) atoms. The SMILES string of the molecule is Cc1c(Br)nnn1[C@@H]1CCCN(C(=O)OC(C)(C)C)C1. The molecular weight excluding hydrogens is 324 g/mol. The molecule has 1 aromatic rings. The first-order valence-corrected chi connectivity index (χ1v) is 7.62. The lowest BCUT2D eigenvalue weighted by Gasteiger charge is -2.34. The number of halogens is 1. The lowest BCUT2D eigenvalue weighted by molar-refractivity contribution is 0.0165. The molecule has 0 radical (unpaired) electrons. The molecule has 0 N–H and O–H groups in total. The summed E-state index contributed by atoms with van der Waals surface area (Å²) in [7, 11) is 0. The third-order valence-corrected chi connectivity index (χ3v) is 4.00. The molecule has 1 fully saturated rings. The van der Waals surface area contributed by atoms with Crippen LogP contribution in [0.5, 0.6) is 0 Å². The Morgan fingerprint density at radius 1 is 1.45 bits per heavy atom. The number of amides is 1. The summed E-state index contributed by atoms with van der Waals surface area (Å²) in [5.74, 6) is 0. The van der Waals surface area contributed by atoms with Crippen LogP contribution in [0.15, 0.2) is 4.60 Å². The molecule has 6 nitrogen and oxygen atoms in total. The van der Waals surface area contributed by atoms with E-state index >= 15 is 0 Å². The number of nitrogens with zero attached hydrogens (tertiary/aromatic N) is 4. The molecule has 7 heteroatoms. The van der Waals surface area contributed by atoms with Crippen LogP contribution in [-0.4, -0.2) is 44.7 Å². The highest BCUT2D eigenvalue weighted by Crippen LogP contribution is 2.25. The Labute approximate surface area is 127 Å². The third kappa shape index (κ3) is 3.50. The molecule has 2 heterocycles. The van der Waals surface area contributed by atoms with Gasteiger partial charge in [-0.05, 0) is 56.5 Å². The number of carbonyl (C=O) groups is 1. The van der Waals surface area contributed by atoms with Crippen LogP contribution in [0.1, 0.15) is 45.3 Å². The number of aromatic nitrogens is 3. The summed E-state index contributed by atoms with van der Waals surface area (Å²) in [6.45, 7) is 8.96. The van der Waals surface area contributed by atoms with Gasteiger partial charge in [-0.2, -0.15) is 0 Å². The van der Waals surface area contributed by atoms with Crippen LogP contribution in [0, 0.1) is 6.92 Å². The highest BCUT2D eigenvalue weighted by Gasteiger charge is 2.29. The van der Waals surface area contributed by atoms with Gasteiger partial charge in [0.2, 0.25) is 0 Å². The fraction of sp³-hybridized carbons (Fsp3) is 0.769. The van der Waals surface area contributed by atoms with Gasteiger partial charge < -0.3 is 9.64 Å². The second-order valence-corrected chi connectivity index (χ2v) is 6.88. The van der Waals surface area contributed by atoms with E-state index in [-0.39, 0.29) is 12.1 Å². The predicted octanol–water partition coefficient (Wildman–Crippen LogP) is 2.92. The van der Waals surface area contributed by atoms with Gasteiger partial charge >= 0.3 is 6.09 Å². The number of carbonyl (C=O) groups excluding carboxylic acids is 1. The Hall–Kier alpha value is -1.11. The van der Waals surface area contributed by atoms with Gasteiger partial charge in [0.25, 0.3) is 0 Å². The quantitative estimate of drug-likeness (QED) is 0.785. The molecule has 0 aromatic carbocycles. The smallest absolute Gasteiger partial charge is 0.410 e. The van der Waals surface area contributed by atoms with Crippen LogP contribution in [0.2, 0.25) is 0 Å². The van der Waals surface area contributed by atoms with E-state index in [2.05, 4.69) is 26.2 Å². The number of ether oxygens (including phenoxy) is 1. The van der Waals surface area contributed by atoms with Crippen molar-refractivity contribution in [3.05, 3.63) is 10.3 Å². The molecule has 0 aliphatic carbocycles. The average molecular weight is 345 g/mol. The molecule has 1 amide bonds. The Kier molecular flexibility index (Phi) is 4.36. The van der Waals surface area contributed by atoms with E-state index in [4.69, 9.17) is 4.74 Å². The van der Waals surface area contributed by atoms with Crippen LogP contribution in [0.25, 0.3) is 0 Å². The number of rotatable bonds is 1. The molecule has 0 bridgehead atoms. The standard InChI is InChI=1S/C13H21BrN4O2/c1-9-11(14)15-16-18(9)10-6-5-7-17(8-10)12(19)20-13(2,3)4/h10H,5-8H2,1-4H3/t10-/m1/s1. The topological polar surface area (TPSA) is 60.2 Å². The summed E-state index contributed by atoms with van der Waals surface area (Å²) in [6.07, 6.45) is 1.69. The normalized spacial score (nSPS) is 20.1. The zero-order valence-corrected chi connectivity index (χ0v) is 14.0. The first-order chi connectivity index (χ1) is 9.28. The lowest BCUT2D eigenvalue weighted by Crippen LogP contribution is -2.43. The fourth-order valence-corrected chi connectivity index (χ4v) is 2.57. The molecule has 0 unspecified atom stereocenters. The van der Waals surface area contributed by atoms with Gasteiger partial charge in [-0.1, -0.05) is 5.21 Å². The van der Waals surface area contributed by atoms with Crippen molar-refractivity contribution in [1.82, 2.24) is 19.9 Å². The minimum absolute atomic E-state index is 0.162. The minimum Gasteiger partial charge on any atom is -0.444 e. The van der Waals surface area contributed by atoms with Crippen LogP contribution in [0.4, 0.5) is 4.79 Å². The predicted molar refractivity (Wildman–Crippen MR) is 78.5 cm³/mol. The van der Waals surface area contributed by atoms with Crippen molar-refractivity contribution in [3.8, 4) is 0 Å². The fourth-order valence-electron chi connectivity index (χ4n) is 2.31. The van der Waals surface area contributed by atoms with Crippen LogP contribution in [-0.2, 0) is 4.74 Å². The van der Waals surface area contributed by atoms with E-state index < -0.39 is 5.60 Å². The van der Waals surface area contributed by atoms with Gasteiger partial charge in [0.1, 0.15) is 5.60 Å². The zero-order chi connectivity index (χ0) is 14.9. The van der Waals surface area contributed by atoms with E-state index in [1.807, 2.05) is 32.4 Å². The van der Waals surface area contributed by atoms with Crippen LogP contribution >= 0.6 is 15.9 Å². The monoisotopic (exact) mass is 344 g/mol. The average Bonchev–Trinajstić information content (AvgIpc) is 2.68. The van der Waals surface area contributed by atoms with Crippen molar-refractivity contribution < 1.29 is 9.53 Å². The van der Waals surface area contributed by atoms with Crippen LogP contribution in [0.3, 0.4) is 0 Å². The molecule has 2 rings (SSSR count). The zero-order valence-electron chi connectivity index (χ0n) is 12.4. The van der Waals surface area contributed by atoms with E-state index in [0.717, 1.165) is 29.7 Å². The Bertz CT molecular complexity index is 495. The molecule has 0 spiro atoms. The Morgan fingerprint density at radius 2 is 2.15 bits per heavy atom. The minimum atomic E-state index is -0.462. The van der Waals surface area contributed by atoms with Crippen LogP contribution < -0.4 is 0 Å². The molecule has 0 saturated carbocycles. The van der Waals surface area contributed by atoms with Crippen molar-refractivity contribution >= 4 is 22.0 Å². The molecule has 1 aliphatic rings. The lowest BCUT2D eigenvalue weighted by atomic mass is 10.1. The molecule has 1 saturated heterocycles. The van der Waals surface area contributed by atoms with Crippen molar-refractivity contribution in [1.29, 1.82) is 0 Å². The largest absolute Gasteiger partial charge is 0.444 e. The highest BCUT2D eigenvalue weighted by molar-refractivity contribution is 9.10. The first-order valence-electron chi connectivity index (χ1n) is 6.83. The maximum absolute atomic E-state index is 12.1. The maximum atomic E-state index is 12.1. The number of likely N-dealkylation sites (tertiary alicyclic amines) is 1. The van der Waals surface area contributed by atoms with Crippen molar-refractivity contribution in [2.45, 2.75) is 52.2 Å². The summed E-state index contributed by atoms with van der Waals surface area (Å²) >= 11 is 3.37.